The van der Waals surface area contributed by atoms with E-state index in [-0.39, 0.29) is 76.3 Å². The number of hydrogen-bond donors (Lipinski definition) is 6. The molecule has 6 rings (SSSR count). The lowest BCUT2D eigenvalue weighted by Gasteiger charge is -2.23. The number of aromatic nitrogens is 2. The Kier molecular flexibility index (Phi) is 26.6. The fourth-order valence-electron chi connectivity index (χ4n) is 8.11. The fraction of sp³-hybridized carbons (Fsp3) is 0.258. The zero-order chi connectivity index (χ0) is 60.6. The first-order valence-corrected chi connectivity index (χ1v) is 26.9. The monoisotopic (exact) mass is 1150 g/mol. The van der Waals surface area contributed by atoms with Gasteiger partial charge in [-0.05, 0) is 73.2 Å². The van der Waals surface area contributed by atoms with E-state index >= 15 is 0 Å². The van der Waals surface area contributed by atoms with Crippen LogP contribution in [0.25, 0.3) is 0 Å². The van der Waals surface area contributed by atoms with Gasteiger partial charge in [-0.25, -0.2) is 19.2 Å². The lowest BCUT2D eigenvalue weighted by atomic mass is 10.0. The summed E-state index contributed by atoms with van der Waals surface area (Å²) in [5.41, 5.74) is 12.3. The number of nitrogens with one attached hydrogen (secondary N) is 4. The molecule has 6 amide bonds. The van der Waals surface area contributed by atoms with Gasteiger partial charge in [0, 0.05) is 62.3 Å². The van der Waals surface area contributed by atoms with Crippen molar-refractivity contribution >= 4 is 59.1 Å². The number of anilines is 2. The smallest absolute Gasteiger partial charge is 0.412 e. The highest BCUT2D eigenvalue weighted by Crippen LogP contribution is 2.19. The first-order chi connectivity index (χ1) is 40.5. The molecule has 0 saturated heterocycles. The maximum absolute atomic E-state index is 13.7. The van der Waals surface area contributed by atoms with Crippen LogP contribution >= 0.6 is 0 Å². The van der Waals surface area contributed by atoms with Crippen molar-refractivity contribution in [3.05, 3.63) is 225 Å². The van der Waals surface area contributed by atoms with Gasteiger partial charge in [-0.2, -0.15) is 0 Å². The largest absolute Gasteiger partial charge is 0.463 e. The van der Waals surface area contributed by atoms with Crippen molar-refractivity contribution in [2.75, 3.05) is 23.8 Å². The molecule has 0 saturated carbocycles. The van der Waals surface area contributed by atoms with Crippen LogP contribution in [0.15, 0.2) is 192 Å². The van der Waals surface area contributed by atoms with Gasteiger partial charge in [0.2, 0.25) is 23.6 Å². The van der Waals surface area contributed by atoms with Crippen LogP contribution < -0.4 is 43.9 Å². The van der Waals surface area contributed by atoms with E-state index in [4.69, 9.17) is 30.4 Å². The summed E-state index contributed by atoms with van der Waals surface area (Å²) in [5.74, 6) is -3.46. The summed E-state index contributed by atoms with van der Waals surface area (Å²) in [6.45, 7) is 3.70. The number of nitrogens with two attached hydrogens (primary N) is 2. The zero-order valence-corrected chi connectivity index (χ0v) is 46.5. The highest BCUT2D eigenvalue weighted by molar-refractivity contribution is 5.87. The molecule has 0 unspecified atom stereocenters. The van der Waals surface area contributed by atoms with E-state index in [1.807, 2.05) is 97.1 Å². The average molecular weight is 1150 g/mol. The van der Waals surface area contributed by atoms with Gasteiger partial charge in [0.25, 0.3) is 11.1 Å². The molecule has 8 N–H and O–H groups in total. The maximum atomic E-state index is 13.7. The molecule has 2 heterocycles. The molecule has 440 valence electrons. The van der Waals surface area contributed by atoms with E-state index in [9.17, 15) is 47.9 Å². The van der Waals surface area contributed by atoms with Crippen molar-refractivity contribution in [3.8, 4) is 0 Å². The highest BCUT2D eigenvalue weighted by atomic mass is 16.6. The second-order valence-electron chi connectivity index (χ2n) is 18.5. The number of hydrogen-bond acceptors (Lipinski definition) is 14. The lowest BCUT2D eigenvalue weighted by molar-refractivity contribution is -0.138. The Bertz CT molecular complexity index is 3100. The van der Waals surface area contributed by atoms with Crippen molar-refractivity contribution in [2.45, 2.75) is 89.8 Å². The molecule has 22 heteroatoms. The minimum Gasteiger partial charge on any atom is -0.463 e. The molecule has 0 spiro atoms. The maximum Gasteiger partial charge on any atom is 0.412 e. The van der Waals surface area contributed by atoms with Crippen molar-refractivity contribution in [1.82, 2.24) is 19.8 Å². The summed E-state index contributed by atoms with van der Waals surface area (Å²) in [4.78, 5) is 126. The number of nitrogens with zero attached hydrogens (tertiary/aromatic N) is 2. The van der Waals surface area contributed by atoms with Crippen molar-refractivity contribution in [3.63, 3.8) is 0 Å². The summed E-state index contributed by atoms with van der Waals surface area (Å²) >= 11 is 0. The predicted molar refractivity (Wildman–Crippen MR) is 313 cm³/mol. The molecule has 0 aliphatic rings. The van der Waals surface area contributed by atoms with Crippen LogP contribution in [-0.2, 0) is 73.8 Å². The molecule has 22 nitrogen and oxygen atoms in total. The molecule has 0 bridgehead atoms. The van der Waals surface area contributed by atoms with Gasteiger partial charge < -0.3 is 50.2 Å². The summed E-state index contributed by atoms with van der Waals surface area (Å²) in [5, 5.41) is 10.5. The summed E-state index contributed by atoms with van der Waals surface area (Å²) in [7, 11) is 0. The standard InChI is InChI=1S/2C31H34N4O7/c2*1-2-41-28(37)18-16-24(15-17-27(32)36)33-29(38)26(20-22-10-5-3-6-11-22)35-19-9-14-25(30(35)39)34-31(40)42-21-23-12-7-4-8-13-23/h2*3-14,16,18-19,24,26H,2,15,17,20-21H2,1H3,(H2,32,36)(H,33,38)(H,34,40)/b2*18-16+/t24-,26+;24-,26-/m00/s1. The van der Waals surface area contributed by atoms with Gasteiger partial charge in [0.15, 0.2) is 0 Å². The summed E-state index contributed by atoms with van der Waals surface area (Å²) in [6, 6.07) is 38.6. The quantitative estimate of drug-likeness (QED) is 0.0174. The van der Waals surface area contributed by atoms with Gasteiger partial charge in [0.1, 0.15) is 36.7 Å². The SMILES string of the molecule is CCOC(=O)/C=C/[C@H](CCC(N)=O)NC(=O)[C@@H](Cc1ccccc1)n1cccc(NC(=O)OCc2ccccc2)c1=O.CCOC(=O)/C=C/[C@H](CCC(N)=O)NC(=O)[C@H](Cc1ccccc1)n1cccc(NC(=O)OCc2ccccc2)c1=O. The zero-order valence-electron chi connectivity index (χ0n) is 46.5. The van der Waals surface area contributed by atoms with Crippen LogP contribution in [0.2, 0.25) is 0 Å². The van der Waals surface area contributed by atoms with Crippen LogP contribution in [0, 0.1) is 0 Å². The number of esters is 2. The number of ether oxygens (including phenoxy) is 4. The molecule has 6 aromatic rings. The number of carbonyl (C=O) groups is 8. The molecular formula is C62H68N8O14. The van der Waals surface area contributed by atoms with Gasteiger partial charge in [-0.1, -0.05) is 133 Å². The second-order valence-corrected chi connectivity index (χ2v) is 18.5. The van der Waals surface area contributed by atoms with E-state index in [1.54, 1.807) is 38.1 Å². The third-order valence-corrected chi connectivity index (χ3v) is 12.2. The Hall–Kier alpha value is -10.4. The first kappa shape index (κ1) is 64.4. The number of carbonyl (C=O) groups excluding carboxylic acids is 8. The molecule has 0 radical (unpaired) electrons. The van der Waals surface area contributed by atoms with Crippen molar-refractivity contribution in [1.29, 1.82) is 0 Å². The van der Waals surface area contributed by atoms with E-state index in [1.165, 1.54) is 70.1 Å². The highest BCUT2D eigenvalue weighted by Gasteiger charge is 2.27. The normalized spacial score (nSPS) is 12.2. The summed E-state index contributed by atoms with van der Waals surface area (Å²) < 4.78 is 22.7. The Balaban J connectivity index is 0.000000307. The van der Waals surface area contributed by atoms with E-state index < -0.39 is 83.0 Å². The minimum atomic E-state index is -1.05. The van der Waals surface area contributed by atoms with Crippen LogP contribution in [0.1, 0.15) is 73.9 Å². The number of amides is 6. The Morgan fingerprint density at radius 2 is 0.798 bits per heavy atom. The molecule has 2 aromatic heterocycles. The Labute approximate surface area is 484 Å². The average Bonchev–Trinajstić information content (AvgIpc) is 3.11. The molecule has 84 heavy (non-hydrogen) atoms. The molecular weight excluding hydrogens is 1080 g/mol. The minimum absolute atomic E-state index is 0.0126. The molecule has 0 fully saturated rings. The Morgan fingerprint density at radius 3 is 1.12 bits per heavy atom. The van der Waals surface area contributed by atoms with Gasteiger partial charge in [0.05, 0.1) is 13.2 Å². The van der Waals surface area contributed by atoms with Gasteiger partial charge in [-0.3, -0.25) is 39.4 Å². The van der Waals surface area contributed by atoms with Crippen molar-refractivity contribution < 1.29 is 57.3 Å². The van der Waals surface area contributed by atoms with Crippen molar-refractivity contribution in [2.24, 2.45) is 11.5 Å². The number of pyridine rings is 2. The molecule has 0 aliphatic heterocycles. The Morgan fingerprint density at radius 1 is 0.464 bits per heavy atom. The lowest BCUT2D eigenvalue weighted by Crippen LogP contribution is -2.43. The number of primary amides is 2. The van der Waals surface area contributed by atoms with Crippen LogP contribution in [-0.4, -0.2) is 82.2 Å². The molecule has 0 aliphatic carbocycles. The topological polar surface area (TPSA) is 318 Å². The third-order valence-electron chi connectivity index (χ3n) is 12.2. The molecule has 4 aromatic carbocycles. The van der Waals surface area contributed by atoms with E-state index in [0.29, 0.717) is 0 Å². The fourth-order valence-corrected chi connectivity index (χ4v) is 8.11. The number of rotatable bonds is 28. The van der Waals surface area contributed by atoms with E-state index in [0.717, 1.165) is 22.3 Å². The van der Waals surface area contributed by atoms with Crippen LogP contribution in [0.3, 0.4) is 0 Å². The van der Waals surface area contributed by atoms with E-state index in [2.05, 4.69) is 21.3 Å². The summed E-state index contributed by atoms with van der Waals surface area (Å²) in [6.07, 6.45) is 6.84. The van der Waals surface area contributed by atoms with Crippen LogP contribution in [0.4, 0.5) is 21.0 Å². The molecule has 4 atom stereocenters. The number of benzene rings is 4. The third kappa shape index (κ3) is 22.6. The first-order valence-electron chi connectivity index (χ1n) is 26.9. The van der Waals surface area contributed by atoms with Crippen LogP contribution in [0.5, 0.6) is 0 Å². The van der Waals surface area contributed by atoms with Gasteiger partial charge in [-0.15, -0.1) is 0 Å². The van der Waals surface area contributed by atoms with Gasteiger partial charge >= 0.3 is 24.1 Å². The second kappa shape index (κ2) is 34.7. The predicted octanol–water partition coefficient (Wildman–Crippen LogP) is 6.50.